The van der Waals surface area contributed by atoms with Crippen LogP contribution in [0.5, 0.6) is 0 Å². The van der Waals surface area contributed by atoms with E-state index < -0.39 is 5.97 Å². The molecule has 0 aromatic heterocycles. The van der Waals surface area contributed by atoms with Crippen LogP contribution in [0, 0.1) is 0 Å². The zero-order chi connectivity index (χ0) is 10.4. The molecule has 0 bridgehead atoms. The van der Waals surface area contributed by atoms with Crippen molar-refractivity contribution in [2.75, 3.05) is 6.54 Å². The number of benzene rings is 1. The van der Waals surface area contributed by atoms with Crippen LogP contribution in [0.25, 0.3) is 6.08 Å². The molecular weight excluding hydrogens is 178 g/mol. The van der Waals surface area contributed by atoms with E-state index in [0.717, 1.165) is 5.56 Å². The first kappa shape index (κ1) is 10.3. The van der Waals surface area contributed by atoms with Gasteiger partial charge in [0.05, 0.1) is 0 Å². The van der Waals surface area contributed by atoms with Gasteiger partial charge in [0.1, 0.15) is 5.70 Å². The summed E-state index contributed by atoms with van der Waals surface area (Å²) in [4.78, 5) is 10.8. The van der Waals surface area contributed by atoms with Gasteiger partial charge in [0, 0.05) is 6.54 Å². The van der Waals surface area contributed by atoms with Crippen molar-refractivity contribution >= 4 is 12.0 Å². The summed E-state index contributed by atoms with van der Waals surface area (Å²) in [5, 5.41) is 11.6. The SMILES string of the molecule is CCNC(=Cc1ccccc1)C(=O)O. The van der Waals surface area contributed by atoms with E-state index in [9.17, 15) is 4.79 Å². The third-order valence-corrected chi connectivity index (χ3v) is 1.71. The van der Waals surface area contributed by atoms with Gasteiger partial charge in [-0.05, 0) is 18.6 Å². The van der Waals surface area contributed by atoms with Gasteiger partial charge in [-0.1, -0.05) is 30.3 Å². The lowest BCUT2D eigenvalue weighted by Gasteiger charge is -2.03. The zero-order valence-corrected chi connectivity index (χ0v) is 8.03. The fourth-order valence-electron chi connectivity index (χ4n) is 1.09. The third kappa shape index (κ3) is 2.94. The molecule has 0 radical (unpaired) electrons. The Morgan fingerprint density at radius 3 is 2.57 bits per heavy atom. The molecule has 3 nitrogen and oxygen atoms in total. The summed E-state index contributed by atoms with van der Waals surface area (Å²) in [6.45, 7) is 2.47. The molecule has 0 saturated carbocycles. The second-order valence-corrected chi connectivity index (χ2v) is 2.80. The Kier molecular flexibility index (Phi) is 3.73. The van der Waals surface area contributed by atoms with Crippen LogP contribution in [-0.4, -0.2) is 17.6 Å². The highest BCUT2D eigenvalue weighted by molar-refractivity contribution is 5.91. The van der Waals surface area contributed by atoms with E-state index in [-0.39, 0.29) is 5.70 Å². The number of carboxylic acids is 1. The molecule has 0 atom stereocenters. The highest BCUT2D eigenvalue weighted by Crippen LogP contribution is 2.04. The number of rotatable bonds is 4. The lowest BCUT2D eigenvalue weighted by Crippen LogP contribution is -2.19. The van der Waals surface area contributed by atoms with E-state index in [1.165, 1.54) is 0 Å². The summed E-state index contributed by atoms with van der Waals surface area (Å²) in [6, 6.07) is 9.36. The van der Waals surface area contributed by atoms with Gasteiger partial charge in [0.2, 0.25) is 0 Å². The lowest BCUT2D eigenvalue weighted by atomic mass is 10.2. The van der Waals surface area contributed by atoms with Gasteiger partial charge in [0.15, 0.2) is 0 Å². The fourth-order valence-corrected chi connectivity index (χ4v) is 1.09. The predicted octanol–water partition coefficient (Wildman–Crippen LogP) is 1.72. The molecule has 74 valence electrons. The van der Waals surface area contributed by atoms with E-state index in [2.05, 4.69) is 5.32 Å². The third-order valence-electron chi connectivity index (χ3n) is 1.71. The maximum atomic E-state index is 10.8. The Labute approximate surface area is 83.1 Å². The van der Waals surface area contributed by atoms with Crippen molar-refractivity contribution in [1.29, 1.82) is 0 Å². The summed E-state index contributed by atoms with van der Waals surface area (Å²) < 4.78 is 0. The fraction of sp³-hybridized carbons (Fsp3) is 0.182. The van der Waals surface area contributed by atoms with E-state index in [1.807, 2.05) is 37.3 Å². The average molecular weight is 191 g/mol. The van der Waals surface area contributed by atoms with Gasteiger partial charge in [-0.25, -0.2) is 4.79 Å². The van der Waals surface area contributed by atoms with Crippen LogP contribution in [0.4, 0.5) is 0 Å². The van der Waals surface area contributed by atoms with Crippen LogP contribution in [0.2, 0.25) is 0 Å². The van der Waals surface area contributed by atoms with Crippen LogP contribution >= 0.6 is 0 Å². The molecule has 3 heteroatoms. The topological polar surface area (TPSA) is 49.3 Å². The smallest absolute Gasteiger partial charge is 0.351 e. The second-order valence-electron chi connectivity index (χ2n) is 2.80. The predicted molar refractivity (Wildman–Crippen MR) is 55.7 cm³/mol. The molecule has 14 heavy (non-hydrogen) atoms. The normalized spacial score (nSPS) is 11.1. The van der Waals surface area contributed by atoms with Crippen molar-refractivity contribution < 1.29 is 9.90 Å². The van der Waals surface area contributed by atoms with Gasteiger partial charge in [0.25, 0.3) is 0 Å². The minimum Gasteiger partial charge on any atom is -0.477 e. The number of likely N-dealkylation sites (N-methyl/N-ethyl adjacent to an activating group) is 1. The molecule has 0 aliphatic heterocycles. The molecule has 0 spiro atoms. The van der Waals surface area contributed by atoms with Crippen molar-refractivity contribution in [2.45, 2.75) is 6.92 Å². The van der Waals surface area contributed by atoms with E-state index in [0.29, 0.717) is 6.54 Å². The minimum atomic E-state index is -0.935. The Balaban J connectivity index is 2.88. The van der Waals surface area contributed by atoms with Gasteiger partial charge in [-0.3, -0.25) is 0 Å². The first-order chi connectivity index (χ1) is 6.74. The van der Waals surface area contributed by atoms with Crippen LogP contribution in [-0.2, 0) is 4.79 Å². The molecule has 0 heterocycles. The van der Waals surface area contributed by atoms with E-state index in [4.69, 9.17) is 5.11 Å². The summed E-state index contributed by atoms with van der Waals surface area (Å²) >= 11 is 0. The number of aliphatic carboxylic acids is 1. The summed E-state index contributed by atoms with van der Waals surface area (Å²) in [5.74, 6) is -0.935. The highest BCUT2D eigenvalue weighted by atomic mass is 16.4. The molecule has 0 aliphatic carbocycles. The van der Waals surface area contributed by atoms with Gasteiger partial charge >= 0.3 is 5.97 Å². The summed E-state index contributed by atoms with van der Waals surface area (Å²) in [5.41, 5.74) is 1.10. The Bertz CT molecular complexity index is 330. The first-order valence-corrected chi connectivity index (χ1v) is 4.48. The van der Waals surface area contributed by atoms with Crippen molar-refractivity contribution in [3.05, 3.63) is 41.6 Å². The van der Waals surface area contributed by atoms with Crippen LogP contribution in [0.1, 0.15) is 12.5 Å². The van der Waals surface area contributed by atoms with Crippen molar-refractivity contribution in [3.63, 3.8) is 0 Å². The zero-order valence-electron chi connectivity index (χ0n) is 8.03. The number of hydrogen-bond donors (Lipinski definition) is 2. The minimum absolute atomic E-state index is 0.221. The van der Waals surface area contributed by atoms with Crippen LogP contribution < -0.4 is 5.32 Å². The maximum absolute atomic E-state index is 10.8. The van der Waals surface area contributed by atoms with Gasteiger partial charge < -0.3 is 10.4 Å². The number of nitrogens with one attached hydrogen (secondary N) is 1. The number of hydrogen-bond acceptors (Lipinski definition) is 2. The van der Waals surface area contributed by atoms with E-state index in [1.54, 1.807) is 6.08 Å². The molecule has 1 aromatic carbocycles. The standard InChI is InChI=1S/C11H13NO2/c1-2-12-10(11(13)14)8-9-6-4-3-5-7-9/h3-8,12H,2H2,1H3,(H,13,14). The molecule has 2 N–H and O–H groups in total. The molecule has 0 amide bonds. The maximum Gasteiger partial charge on any atom is 0.351 e. The van der Waals surface area contributed by atoms with Crippen molar-refractivity contribution in [3.8, 4) is 0 Å². The molecular formula is C11H13NO2. The van der Waals surface area contributed by atoms with Crippen LogP contribution in [0.15, 0.2) is 36.0 Å². The number of carboxylic acid groups (broad SMARTS) is 1. The molecule has 1 aromatic rings. The average Bonchev–Trinajstić information content (AvgIpc) is 2.18. The Morgan fingerprint density at radius 2 is 2.07 bits per heavy atom. The first-order valence-electron chi connectivity index (χ1n) is 4.48. The van der Waals surface area contributed by atoms with Crippen LogP contribution in [0.3, 0.4) is 0 Å². The largest absolute Gasteiger partial charge is 0.477 e. The summed E-state index contributed by atoms with van der Waals surface area (Å²) in [6.07, 6.45) is 1.62. The second kappa shape index (κ2) is 5.07. The van der Waals surface area contributed by atoms with E-state index >= 15 is 0 Å². The van der Waals surface area contributed by atoms with Gasteiger partial charge in [-0.2, -0.15) is 0 Å². The highest BCUT2D eigenvalue weighted by Gasteiger charge is 2.04. The number of carbonyl (C=O) groups is 1. The molecule has 1 rings (SSSR count). The Hall–Kier alpha value is -1.77. The monoisotopic (exact) mass is 191 g/mol. The summed E-state index contributed by atoms with van der Waals surface area (Å²) in [7, 11) is 0. The van der Waals surface area contributed by atoms with Crippen molar-refractivity contribution in [2.24, 2.45) is 0 Å². The quantitative estimate of drug-likeness (QED) is 0.712. The Morgan fingerprint density at radius 1 is 1.43 bits per heavy atom. The van der Waals surface area contributed by atoms with Gasteiger partial charge in [-0.15, -0.1) is 0 Å². The molecule has 0 unspecified atom stereocenters. The molecule has 0 aliphatic rings. The van der Waals surface area contributed by atoms with Crippen molar-refractivity contribution in [1.82, 2.24) is 5.32 Å². The molecule has 0 saturated heterocycles. The lowest BCUT2D eigenvalue weighted by molar-refractivity contribution is -0.132. The molecule has 0 fully saturated rings.